The Morgan fingerprint density at radius 3 is 2.53 bits per heavy atom. The van der Waals surface area contributed by atoms with Gasteiger partial charge in [-0.2, -0.15) is 0 Å². The van der Waals surface area contributed by atoms with Gasteiger partial charge in [0.05, 0.1) is 6.16 Å². The first-order chi connectivity index (χ1) is 7.12. The van der Waals surface area contributed by atoms with Crippen LogP contribution >= 0.6 is 7.60 Å². The predicted molar refractivity (Wildman–Crippen MR) is 62.7 cm³/mol. The molecular weight excluding hydrogens is 211 g/mol. The molecule has 0 aromatic rings. The van der Waals surface area contributed by atoms with Crippen LogP contribution in [0.1, 0.15) is 19.3 Å². The minimum absolute atomic E-state index is 0.00205. The van der Waals surface area contributed by atoms with Crippen LogP contribution in [0.25, 0.3) is 0 Å². The normalized spacial score (nSPS) is 13.4. The second-order valence-electron chi connectivity index (χ2n) is 2.89. The predicted octanol–water partition coefficient (Wildman–Crippen LogP) is 2.73. The molecule has 84 valence electrons. The van der Waals surface area contributed by atoms with Crippen molar-refractivity contribution < 1.29 is 14.0 Å². The minimum Gasteiger partial charge on any atom is -0.324 e. The average molecular weight is 228 g/mol. The summed E-state index contributed by atoms with van der Waals surface area (Å²) in [7, 11) is -3.46. The summed E-state index contributed by atoms with van der Waals surface area (Å²) < 4.78 is 16.0. The third-order valence-corrected chi connectivity index (χ3v) is 2.91. The topological polar surface area (TPSA) is 46.5 Å². The molecule has 0 saturated carbocycles. The van der Waals surface area contributed by atoms with Gasteiger partial charge in [0.25, 0.3) is 0 Å². The zero-order valence-corrected chi connectivity index (χ0v) is 9.71. The highest BCUT2D eigenvalue weighted by Gasteiger charge is 2.16. The standard InChI is InChI=1S/C11H17O3P/c1-3-5-7-8-9-10-14-15(12,13)11-6-4-2/h3-4H,1-2,5-7,10-11H2,(H,12,13). The molecule has 0 bridgehead atoms. The molecule has 0 aliphatic carbocycles. The van der Waals surface area contributed by atoms with Crippen molar-refractivity contribution in [1.82, 2.24) is 0 Å². The molecule has 0 aromatic heterocycles. The third kappa shape index (κ3) is 9.49. The summed E-state index contributed by atoms with van der Waals surface area (Å²) in [6.45, 7) is 7.03. The summed E-state index contributed by atoms with van der Waals surface area (Å²) in [4.78, 5) is 9.25. The summed E-state index contributed by atoms with van der Waals surface area (Å²) in [5.41, 5.74) is 0. The Bertz CT molecular complexity index is 299. The van der Waals surface area contributed by atoms with Crippen molar-refractivity contribution in [1.29, 1.82) is 0 Å². The fourth-order valence-electron chi connectivity index (χ4n) is 0.766. The Balaban J connectivity index is 3.71. The first kappa shape index (κ1) is 14.2. The Hall–Kier alpha value is -0.810. The Labute approximate surface area is 91.4 Å². The molecule has 0 aliphatic heterocycles. The van der Waals surface area contributed by atoms with Crippen LogP contribution in [0.5, 0.6) is 0 Å². The van der Waals surface area contributed by atoms with E-state index >= 15 is 0 Å². The van der Waals surface area contributed by atoms with Crippen LogP contribution in [0.2, 0.25) is 0 Å². The van der Waals surface area contributed by atoms with E-state index < -0.39 is 7.60 Å². The summed E-state index contributed by atoms with van der Waals surface area (Å²) >= 11 is 0. The second-order valence-corrected chi connectivity index (χ2v) is 4.87. The van der Waals surface area contributed by atoms with Crippen LogP contribution in [0.15, 0.2) is 25.3 Å². The van der Waals surface area contributed by atoms with E-state index in [1.54, 1.807) is 12.2 Å². The SMILES string of the molecule is C=CCCC#CCOP(=O)(O)CCC=C. The third-order valence-electron chi connectivity index (χ3n) is 1.55. The highest BCUT2D eigenvalue weighted by atomic mass is 31.2. The highest BCUT2D eigenvalue weighted by Crippen LogP contribution is 2.42. The molecule has 0 aromatic carbocycles. The van der Waals surface area contributed by atoms with Crippen molar-refractivity contribution in [2.75, 3.05) is 12.8 Å². The lowest BCUT2D eigenvalue weighted by molar-refractivity contribution is 0.291. The van der Waals surface area contributed by atoms with E-state index in [1.807, 2.05) is 0 Å². The van der Waals surface area contributed by atoms with E-state index in [1.165, 1.54) is 0 Å². The van der Waals surface area contributed by atoms with Gasteiger partial charge in [0.1, 0.15) is 6.61 Å². The number of hydrogen-bond donors (Lipinski definition) is 1. The summed E-state index contributed by atoms with van der Waals surface area (Å²) in [5, 5.41) is 0. The monoisotopic (exact) mass is 228 g/mol. The molecule has 0 aliphatic rings. The summed E-state index contributed by atoms with van der Waals surface area (Å²) in [5.74, 6) is 5.49. The number of hydrogen-bond acceptors (Lipinski definition) is 2. The Morgan fingerprint density at radius 1 is 1.27 bits per heavy atom. The van der Waals surface area contributed by atoms with Gasteiger partial charge in [-0.25, -0.2) is 0 Å². The van der Waals surface area contributed by atoms with Gasteiger partial charge in [0.15, 0.2) is 0 Å². The molecule has 0 rings (SSSR count). The van der Waals surface area contributed by atoms with Gasteiger partial charge in [-0.3, -0.25) is 9.09 Å². The van der Waals surface area contributed by atoms with Gasteiger partial charge in [0.2, 0.25) is 0 Å². The van der Waals surface area contributed by atoms with Gasteiger partial charge in [0, 0.05) is 6.42 Å². The molecule has 1 N–H and O–H groups in total. The van der Waals surface area contributed by atoms with Crippen LogP contribution in [0.3, 0.4) is 0 Å². The van der Waals surface area contributed by atoms with E-state index in [0.717, 1.165) is 6.42 Å². The largest absolute Gasteiger partial charge is 0.329 e. The van der Waals surface area contributed by atoms with Gasteiger partial charge >= 0.3 is 7.60 Å². The molecule has 1 atom stereocenters. The zero-order chi connectivity index (χ0) is 11.6. The number of rotatable bonds is 7. The fraction of sp³-hybridized carbons (Fsp3) is 0.455. The lowest BCUT2D eigenvalue weighted by Crippen LogP contribution is -1.94. The van der Waals surface area contributed by atoms with E-state index in [2.05, 4.69) is 25.0 Å². The molecule has 15 heavy (non-hydrogen) atoms. The van der Waals surface area contributed by atoms with Gasteiger partial charge < -0.3 is 4.89 Å². The maximum atomic E-state index is 11.3. The van der Waals surface area contributed by atoms with Crippen molar-refractivity contribution >= 4 is 7.60 Å². The molecule has 0 radical (unpaired) electrons. The minimum atomic E-state index is -3.46. The Morgan fingerprint density at radius 2 is 1.93 bits per heavy atom. The molecule has 0 heterocycles. The van der Waals surface area contributed by atoms with Crippen LogP contribution in [-0.4, -0.2) is 17.7 Å². The lowest BCUT2D eigenvalue weighted by atomic mass is 10.3. The lowest BCUT2D eigenvalue weighted by Gasteiger charge is -2.07. The molecule has 0 saturated heterocycles. The fourth-order valence-corrected chi connectivity index (χ4v) is 1.67. The molecule has 3 nitrogen and oxygen atoms in total. The van der Waals surface area contributed by atoms with E-state index in [0.29, 0.717) is 12.8 Å². The summed E-state index contributed by atoms with van der Waals surface area (Å²) in [6, 6.07) is 0. The van der Waals surface area contributed by atoms with E-state index in [9.17, 15) is 9.46 Å². The number of unbranched alkanes of at least 4 members (excludes halogenated alkanes) is 1. The van der Waals surface area contributed by atoms with Crippen molar-refractivity contribution in [3.05, 3.63) is 25.3 Å². The molecule has 0 amide bonds. The first-order valence-electron chi connectivity index (χ1n) is 4.76. The number of allylic oxidation sites excluding steroid dienone is 2. The van der Waals surface area contributed by atoms with E-state index in [-0.39, 0.29) is 12.8 Å². The maximum absolute atomic E-state index is 11.3. The molecule has 0 fully saturated rings. The highest BCUT2D eigenvalue weighted by molar-refractivity contribution is 7.52. The van der Waals surface area contributed by atoms with Crippen molar-refractivity contribution in [2.24, 2.45) is 0 Å². The first-order valence-corrected chi connectivity index (χ1v) is 6.52. The molecule has 4 heteroatoms. The van der Waals surface area contributed by atoms with E-state index in [4.69, 9.17) is 4.52 Å². The molecule has 1 unspecified atom stereocenters. The zero-order valence-electron chi connectivity index (χ0n) is 8.82. The van der Waals surface area contributed by atoms with Gasteiger partial charge in [-0.05, 0) is 12.8 Å². The molecular formula is C11H17O3P. The maximum Gasteiger partial charge on any atom is 0.329 e. The quantitative estimate of drug-likeness (QED) is 0.315. The Kier molecular flexibility index (Phi) is 8.04. The van der Waals surface area contributed by atoms with Crippen LogP contribution < -0.4 is 0 Å². The van der Waals surface area contributed by atoms with Crippen molar-refractivity contribution in [3.63, 3.8) is 0 Å². The van der Waals surface area contributed by atoms with Crippen LogP contribution in [0.4, 0.5) is 0 Å². The summed E-state index contributed by atoms with van der Waals surface area (Å²) in [6.07, 6.45) is 5.45. The van der Waals surface area contributed by atoms with Crippen molar-refractivity contribution in [3.8, 4) is 11.8 Å². The average Bonchev–Trinajstić information content (AvgIpc) is 2.20. The van der Waals surface area contributed by atoms with Crippen molar-refractivity contribution in [2.45, 2.75) is 19.3 Å². The van der Waals surface area contributed by atoms with Gasteiger partial charge in [-0.15, -0.1) is 19.1 Å². The van der Waals surface area contributed by atoms with Crippen LogP contribution in [0, 0.1) is 11.8 Å². The van der Waals surface area contributed by atoms with Gasteiger partial charge in [-0.1, -0.05) is 18.1 Å². The smallest absolute Gasteiger partial charge is 0.324 e. The van der Waals surface area contributed by atoms with Crippen LogP contribution in [-0.2, 0) is 9.09 Å². The second kappa shape index (κ2) is 8.49. The molecule has 0 spiro atoms.